The summed E-state index contributed by atoms with van der Waals surface area (Å²) < 4.78 is 0. The van der Waals surface area contributed by atoms with Gasteiger partial charge in [-0.3, -0.25) is 0 Å². The van der Waals surface area contributed by atoms with Crippen molar-refractivity contribution >= 4 is 0 Å². The van der Waals surface area contributed by atoms with Gasteiger partial charge in [-0.2, -0.15) is 0 Å². The SMILES string of the molecule is CCCCCCCCCCC(O)c1ccccc1. The van der Waals surface area contributed by atoms with Gasteiger partial charge in [0.25, 0.3) is 0 Å². The molecule has 1 aromatic rings. The smallest absolute Gasteiger partial charge is 0.0790 e. The van der Waals surface area contributed by atoms with Gasteiger partial charge in [0.15, 0.2) is 0 Å². The van der Waals surface area contributed by atoms with Gasteiger partial charge in [0, 0.05) is 0 Å². The van der Waals surface area contributed by atoms with Gasteiger partial charge in [-0.25, -0.2) is 0 Å². The largest absolute Gasteiger partial charge is 0.388 e. The normalized spacial score (nSPS) is 12.6. The van der Waals surface area contributed by atoms with E-state index in [1.165, 1.54) is 44.9 Å². The molecule has 0 aliphatic carbocycles. The van der Waals surface area contributed by atoms with Gasteiger partial charge in [0.05, 0.1) is 6.10 Å². The van der Waals surface area contributed by atoms with Crippen LogP contribution in [-0.2, 0) is 0 Å². The van der Waals surface area contributed by atoms with E-state index >= 15 is 0 Å². The van der Waals surface area contributed by atoms with Crippen molar-refractivity contribution in [2.24, 2.45) is 0 Å². The zero-order chi connectivity index (χ0) is 13.1. The Labute approximate surface area is 112 Å². The van der Waals surface area contributed by atoms with Crippen LogP contribution >= 0.6 is 0 Å². The quantitative estimate of drug-likeness (QED) is 0.561. The van der Waals surface area contributed by atoms with Crippen molar-refractivity contribution in [2.75, 3.05) is 0 Å². The molecule has 0 aliphatic heterocycles. The molecule has 1 aromatic carbocycles. The topological polar surface area (TPSA) is 20.2 Å². The molecule has 1 N–H and O–H groups in total. The number of unbranched alkanes of at least 4 members (excludes halogenated alkanes) is 7. The van der Waals surface area contributed by atoms with E-state index in [1.54, 1.807) is 0 Å². The standard InChI is InChI=1S/C17H28O/c1-2-3-4-5-6-7-8-12-15-17(18)16-13-10-9-11-14-16/h9-11,13-14,17-18H,2-8,12,15H2,1H3. The van der Waals surface area contributed by atoms with Crippen molar-refractivity contribution < 1.29 is 5.11 Å². The lowest BCUT2D eigenvalue weighted by Gasteiger charge is -2.10. The van der Waals surface area contributed by atoms with Crippen LogP contribution in [0.3, 0.4) is 0 Å². The highest BCUT2D eigenvalue weighted by atomic mass is 16.3. The third kappa shape index (κ3) is 6.80. The van der Waals surface area contributed by atoms with Gasteiger partial charge in [-0.15, -0.1) is 0 Å². The molecular formula is C17H28O. The van der Waals surface area contributed by atoms with E-state index in [-0.39, 0.29) is 6.10 Å². The predicted molar refractivity (Wildman–Crippen MR) is 78.6 cm³/mol. The first-order chi connectivity index (χ1) is 8.84. The molecule has 0 amide bonds. The molecular weight excluding hydrogens is 220 g/mol. The molecule has 0 aliphatic rings. The predicted octanol–water partition coefficient (Wildman–Crippen LogP) is 5.25. The van der Waals surface area contributed by atoms with Crippen LogP contribution in [0.4, 0.5) is 0 Å². The summed E-state index contributed by atoms with van der Waals surface area (Å²) in [5, 5.41) is 9.99. The zero-order valence-corrected chi connectivity index (χ0v) is 11.8. The van der Waals surface area contributed by atoms with E-state index in [0.29, 0.717) is 0 Å². The maximum absolute atomic E-state index is 9.99. The monoisotopic (exact) mass is 248 g/mol. The highest BCUT2D eigenvalue weighted by molar-refractivity contribution is 5.16. The summed E-state index contributed by atoms with van der Waals surface area (Å²) in [7, 11) is 0. The molecule has 1 atom stereocenters. The number of hydrogen-bond donors (Lipinski definition) is 1. The Hall–Kier alpha value is -0.820. The molecule has 18 heavy (non-hydrogen) atoms. The summed E-state index contributed by atoms with van der Waals surface area (Å²) >= 11 is 0. The molecule has 1 heteroatoms. The average Bonchev–Trinajstić information content (AvgIpc) is 2.42. The van der Waals surface area contributed by atoms with Crippen molar-refractivity contribution in [2.45, 2.75) is 70.8 Å². The van der Waals surface area contributed by atoms with Crippen molar-refractivity contribution in [3.63, 3.8) is 0 Å². The molecule has 0 fully saturated rings. The second-order valence-corrected chi connectivity index (χ2v) is 5.19. The van der Waals surface area contributed by atoms with Crippen LogP contribution in [0.15, 0.2) is 30.3 Å². The number of rotatable bonds is 10. The van der Waals surface area contributed by atoms with E-state index < -0.39 is 0 Å². The fraction of sp³-hybridized carbons (Fsp3) is 0.647. The average molecular weight is 248 g/mol. The molecule has 0 radical (unpaired) electrons. The number of benzene rings is 1. The van der Waals surface area contributed by atoms with E-state index in [1.807, 2.05) is 30.3 Å². The second-order valence-electron chi connectivity index (χ2n) is 5.19. The molecule has 1 rings (SSSR count). The molecule has 0 saturated heterocycles. The molecule has 1 nitrogen and oxygen atoms in total. The lowest BCUT2D eigenvalue weighted by Crippen LogP contribution is -1.96. The summed E-state index contributed by atoms with van der Waals surface area (Å²) in [6.45, 7) is 2.25. The lowest BCUT2D eigenvalue weighted by molar-refractivity contribution is 0.163. The third-order valence-corrected chi connectivity index (χ3v) is 3.52. The summed E-state index contributed by atoms with van der Waals surface area (Å²) in [5.41, 5.74) is 1.06. The molecule has 0 heterocycles. The third-order valence-electron chi connectivity index (χ3n) is 3.52. The van der Waals surface area contributed by atoms with Crippen molar-refractivity contribution in [3.05, 3.63) is 35.9 Å². The van der Waals surface area contributed by atoms with Gasteiger partial charge in [-0.1, -0.05) is 88.6 Å². The van der Waals surface area contributed by atoms with Gasteiger partial charge in [0.2, 0.25) is 0 Å². The molecule has 0 saturated carbocycles. The maximum atomic E-state index is 9.99. The highest BCUT2D eigenvalue weighted by Gasteiger charge is 2.05. The minimum Gasteiger partial charge on any atom is -0.388 e. The van der Waals surface area contributed by atoms with Gasteiger partial charge >= 0.3 is 0 Å². The Balaban J connectivity index is 1.98. The first kappa shape index (κ1) is 15.2. The van der Waals surface area contributed by atoms with E-state index in [0.717, 1.165) is 18.4 Å². The summed E-state index contributed by atoms with van der Waals surface area (Å²) in [6, 6.07) is 10.00. The van der Waals surface area contributed by atoms with Gasteiger partial charge < -0.3 is 5.11 Å². The van der Waals surface area contributed by atoms with Crippen molar-refractivity contribution in [1.29, 1.82) is 0 Å². The summed E-state index contributed by atoms with van der Waals surface area (Å²) in [4.78, 5) is 0. The minimum atomic E-state index is -0.272. The molecule has 0 spiro atoms. The highest BCUT2D eigenvalue weighted by Crippen LogP contribution is 2.19. The van der Waals surface area contributed by atoms with Crippen LogP contribution in [0.5, 0.6) is 0 Å². The summed E-state index contributed by atoms with van der Waals surface area (Å²) in [5.74, 6) is 0. The van der Waals surface area contributed by atoms with E-state index in [4.69, 9.17) is 0 Å². The fourth-order valence-corrected chi connectivity index (χ4v) is 2.31. The van der Waals surface area contributed by atoms with Crippen molar-refractivity contribution in [3.8, 4) is 0 Å². The molecule has 1 unspecified atom stereocenters. The Bertz CT molecular complexity index is 281. The van der Waals surface area contributed by atoms with Gasteiger partial charge in [-0.05, 0) is 12.0 Å². The summed E-state index contributed by atoms with van der Waals surface area (Å²) in [6.07, 6.45) is 11.2. The van der Waals surface area contributed by atoms with Crippen LogP contribution in [0.1, 0.15) is 76.4 Å². The molecule has 0 bridgehead atoms. The Morgan fingerprint density at radius 1 is 0.833 bits per heavy atom. The lowest BCUT2D eigenvalue weighted by atomic mass is 10.0. The van der Waals surface area contributed by atoms with E-state index in [9.17, 15) is 5.11 Å². The van der Waals surface area contributed by atoms with Crippen molar-refractivity contribution in [1.82, 2.24) is 0 Å². The number of hydrogen-bond acceptors (Lipinski definition) is 1. The van der Waals surface area contributed by atoms with Crippen LogP contribution in [0.25, 0.3) is 0 Å². The van der Waals surface area contributed by atoms with E-state index in [2.05, 4.69) is 6.92 Å². The Kier molecular flexibility index (Phi) is 8.58. The molecule has 0 aromatic heterocycles. The van der Waals surface area contributed by atoms with Crippen LogP contribution in [-0.4, -0.2) is 5.11 Å². The number of aliphatic hydroxyl groups excluding tert-OH is 1. The maximum Gasteiger partial charge on any atom is 0.0790 e. The zero-order valence-electron chi connectivity index (χ0n) is 11.8. The first-order valence-corrected chi connectivity index (χ1v) is 7.57. The second kappa shape index (κ2) is 10.1. The van der Waals surface area contributed by atoms with Crippen LogP contribution < -0.4 is 0 Å². The first-order valence-electron chi connectivity index (χ1n) is 7.57. The van der Waals surface area contributed by atoms with Gasteiger partial charge in [0.1, 0.15) is 0 Å². The van der Waals surface area contributed by atoms with Crippen LogP contribution in [0, 0.1) is 0 Å². The Morgan fingerprint density at radius 3 is 2.00 bits per heavy atom. The van der Waals surface area contributed by atoms with Crippen LogP contribution in [0.2, 0.25) is 0 Å². The number of aliphatic hydroxyl groups is 1. The minimum absolute atomic E-state index is 0.272. The fourth-order valence-electron chi connectivity index (χ4n) is 2.31. The Morgan fingerprint density at radius 2 is 1.39 bits per heavy atom. The molecule has 102 valence electrons.